The summed E-state index contributed by atoms with van der Waals surface area (Å²) in [6, 6.07) is 8.65. The molecule has 0 unspecified atom stereocenters. The average molecular weight is 513 g/mol. The molecule has 8 heteroatoms. The van der Waals surface area contributed by atoms with Crippen LogP contribution in [0, 0.1) is 13.8 Å². The Morgan fingerprint density at radius 3 is 1.57 bits per heavy atom. The number of thiophene rings is 2. The lowest BCUT2D eigenvalue weighted by Crippen LogP contribution is -1.88. The van der Waals surface area contributed by atoms with E-state index in [4.69, 9.17) is 11.6 Å². The predicted octanol–water partition coefficient (Wildman–Crippen LogP) is 7.77. The summed E-state index contributed by atoms with van der Waals surface area (Å²) < 4.78 is 0. The van der Waals surface area contributed by atoms with Gasteiger partial charge in [0.25, 0.3) is 0 Å². The van der Waals surface area contributed by atoms with E-state index in [0.29, 0.717) is 5.88 Å². The lowest BCUT2D eigenvalue weighted by molar-refractivity contribution is 0.935. The van der Waals surface area contributed by atoms with E-state index in [1.807, 2.05) is 18.3 Å². The van der Waals surface area contributed by atoms with Crippen molar-refractivity contribution in [3.8, 4) is 0 Å². The van der Waals surface area contributed by atoms with Crippen molar-refractivity contribution in [1.82, 2.24) is 9.97 Å². The number of thiazole rings is 2. The molecule has 2 nitrogen and oxygen atoms in total. The van der Waals surface area contributed by atoms with Gasteiger partial charge in [-0.25, -0.2) is 9.97 Å². The number of halogens is 1. The standard InChI is InChI=1S/C11H12ClNS2.C11H13NS3/c1-8-13-9(7-14-8)2-3-10-4-5-11(6-12)15-10;1-8-12-9(7-14-8)2-3-10-4-5-11(6-13)15-10/h4-5,7H,2-3,6H2,1H3;4-5,7,13H,2-3,6H2,1H3. The summed E-state index contributed by atoms with van der Waals surface area (Å²) in [5, 5.41) is 6.61. The molecule has 0 N–H and O–H groups in total. The summed E-state index contributed by atoms with van der Waals surface area (Å²) >= 11 is 17.1. The van der Waals surface area contributed by atoms with Crippen LogP contribution >= 0.6 is 69.6 Å². The minimum atomic E-state index is 0.625. The molecule has 30 heavy (non-hydrogen) atoms. The van der Waals surface area contributed by atoms with Crippen molar-refractivity contribution in [1.29, 1.82) is 0 Å². The van der Waals surface area contributed by atoms with Crippen LogP contribution < -0.4 is 0 Å². The van der Waals surface area contributed by atoms with E-state index < -0.39 is 0 Å². The van der Waals surface area contributed by atoms with Crippen LogP contribution in [0.2, 0.25) is 0 Å². The second-order valence-corrected chi connectivity index (χ2v) is 12.0. The third-order valence-corrected chi connectivity index (χ3v) is 9.25. The normalized spacial score (nSPS) is 10.8. The largest absolute Gasteiger partial charge is 0.247 e. The summed E-state index contributed by atoms with van der Waals surface area (Å²) in [6.07, 6.45) is 4.26. The maximum atomic E-state index is 5.76. The smallest absolute Gasteiger partial charge is 0.0897 e. The second kappa shape index (κ2) is 12.4. The highest BCUT2D eigenvalue weighted by molar-refractivity contribution is 7.79. The molecule has 0 atom stereocenters. The van der Waals surface area contributed by atoms with Crippen LogP contribution in [-0.4, -0.2) is 9.97 Å². The van der Waals surface area contributed by atoms with E-state index in [9.17, 15) is 0 Å². The Morgan fingerprint density at radius 1 is 0.733 bits per heavy atom. The molecule has 0 saturated heterocycles. The van der Waals surface area contributed by atoms with Crippen LogP contribution in [0.25, 0.3) is 0 Å². The summed E-state index contributed by atoms with van der Waals surface area (Å²) in [5.41, 5.74) is 2.43. The average Bonchev–Trinajstić information content (AvgIpc) is 3.53. The lowest BCUT2D eigenvalue weighted by Gasteiger charge is -1.93. The van der Waals surface area contributed by atoms with E-state index in [-0.39, 0.29) is 0 Å². The van der Waals surface area contributed by atoms with Crippen molar-refractivity contribution in [3.05, 3.63) is 75.9 Å². The van der Waals surface area contributed by atoms with Gasteiger partial charge in [-0.15, -0.1) is 56.9 Å². The molecule has 0 aliphatic carbocycles. The number of hydrogen-bond acceptors (Lipinski definition) is 7. The van der Waals surface area contributed by atoms with Crippen LogP contribution in [0.15, 0.2) is 35.0 Å². The van der Waals surface area contributed by atoms with E-state index in [0.717, 1.165) is 41.5 Å². The van der Waals surface area contributed by atoms with E-state index in [1.165, 1.54) is 30.9 Å². The molecular weight excluding hydrogens is 488 g/mol. The number of thiol groups is 1. The zero-order valence-electron chi connectivity index (χ0n) is 17.1. The van der Waals surface area contributed by atoms with Gasteiger partial charge in [-0.05, 0) is 63.8 Å². The Hall–Kier alpha value is -0.700. The van der Waals surface area contributed by atoms with Crippen molar-refractivity contribution in [2.24, 2.45) is 0 Å². The van der Waals surface area contributed by atoms with Gasteiger partial charge in [0.1, 0.15) is 0 Å². The molecule has 0 aliphatic rings. The number of aromatic nitrogens is 2. The lowest BCUT2D eigenvalue weighted by atomic mass is 10.2. The maximum absolute atomic E-state index is 5.76. The maximum Gasteiger partial charge on any atom is 0.0897 e. The van der Waals surface area contributed by atoms with Gasteiger partial charge in [-0.1, -0.05) is 0 Å². The van der Waals surface area contributed by atoms with Gasteiger partial charge in [0.15, 0.2) is 0 Å². The van der Waals surface area contributed by atoms with Crippen molar-refractivity contribution in [3.63, 3.8) is 0 Å². The molecule has 0 radical (unpaired) electrons. The predicted molar refractivity (Wildman–Crippen MR) is 139 cm³/mol. The molecule has 0 bridgehead atoms. The highest BCUT2D eigenvalue weighted by Crippen LogP contribution is 2.21. The van der Waals surface area contributed by atoms with Crippen LogP contribution in [0.3, 0.4) is 0 Å². The van der Waals surface area contributed by atoms with Crippen molar-refractivity contribution in [2.75, 3.05) is 0 Å². The summed E-state index contributed by atoms with van der Waals surface area (Å²) in [4.78, 5) is 14.3. The van der Waals surface area contributed by atoms with E-state index >= 15 is 0 Å². The Morgan fingerprint density at radius 2 is 1.20 bits per heavy atom. The van der Waals surface area contributed by atoms with E-state index in [2.05, 4.69) is 64.5 Å². The summed E-state index contributed by atoms with van der Waals surface area (Å²) in [7, 11) is 0. The fourth-order valence-corrected chi connectivity index (χ4v) is 6.41. The molecule has 4 heterocycles. The van der Waals surface area contributed by atoms with E-state index in [1.54, 1.807) is 34.0 Å². The van der Waals surface area contributed by atoms with Gasteiger partial charge in [-0.3, -0.25) is 0 Å². The fourth-order valence-electron chi connectivity index (χ4n) is 2.82. The number of rotatable bonds is 8. The third kappa shape index (κ3) is 7.77. The third-order valence-electron chi connectivity index (χ3n) is 4.31. The molecule has 0 saturated carbocycles. The molecule has 160 valence electrons. The molecule has 0 aromatic carbocycles. The first-order valence-electron chi connectivity index (χ1n) is 9.69. The molecule has 4 aromatic rings. The zero-order chi connectivity index (χ0) is 21.3. The van der Waals surface area contributed by atoms with Crippen molar-refractivity contribution < 1.29 is 0 Å². The highest BCUT2D eigenvalue weighted by Gasteiger charge is 2.03. The van der Waals surface area contributed by atoms with Gasteiger partial charge in [0.2, 0.25) is 0 Å². The molecule has 0 amide bonds. The summed E-state index contributed by atoms with van der Waals surface area (Å²) in [6.45, 7) is 4.10. The van der Waals surface area contributed by atoms with Crippen LogP contribution in [-0.2, 0) is 37.3 Å². The molecular formula is C22H25ClN2S5. The van der Waals surface area contributed by atoms with Gasteiger partial charge < -0.3 is 0 Å². The molecule has 4 rings (SSSR count). The van der Waals surface area contributed by atoms with Crippen molar-refractivity contribution in [2.45, 2.75) is 51.2 Å². The highest BCUT2D eigenvalue weighted by atomic mass is 35.5. The van der Waals surface area contributed by atoms with Crippen LogP contribution in [0.4, 0.5) is 0 Å². The van der Waals surface area contributed by atoms with Crippen LogP contribution in [0.5, 0.6) is 0 Å². The zero-order valence-corrected chi connectivity index (χ0v) is 22.0. The monoisotopic (exact) mass is 512 g/mol. The fraction of sp³-hybridized carbons (Fsp3) is 0.364. The minimum absolute atomic E-state index is 0.625. The van der Waals surface area contributed by atoms with Gasteiger partial charge in [-0.2, -0.15) is 12.6 Å². The minimum Gasteiger partial charge on any atom is -0.247 e. The molecule has 0 aliphatic heterocycles. The van der Waals surface area contributed by atoms with Crippen LogP contribution in [0.1, 0.15) is 40.9 Å². The Kier molecular flexibility index (Phi) is 9.87. The second-order valence-electron chi connectivity index (χ2n) is 6.74. The number of alkyl halides is 1. The van der Waals surface area contributed by atoms with Crippen molar-refractivity contribution >= 4 is 69.6 Å². The Bertz CT molecular complexity index is 947. The SMILES string of the molecule is Cc1nc(CCc2ccc(CCl)s2)cs1.Cc1nc(CCc2ccc(CS)s2)cs1. The topological polar surface area (TPSA) is 25.8 Å². The first-order valence-corrected chi connectivity index (χ1v) is 14.3. The number of hydrogen-bond donors (Lipinski definition) is 1. The van der Waals surface area contributed by atoms with Gasteiger partial charge in [0.05, 0.1) is 27.3 Å². The first-order chi connectivity index (χ1) is 14.6. The van der Waals surface area contributed by atoms with Gasteiger partial charge in [0, 0.05) is 36.0 Å². The molecule has 4 aromatic heterocycles. The Labute approximate surface area is 205 Å². The Balaban J connectivity index is 0.000000171. The summed E-state index contributed by atoms with van der Waals surface area (Å²) in [5.74, 6) is 1.47. The first kappa shape index (κ1) is 24.0. The number of nitrogens with zero attached hydrogens (tertiary/aromatic N) is 2. The molecule has 0 fully saturated rings. The number of aryl methyl sites for hydroxylation is 6. The molecule has 0 spiro atoms. The van der Waals surface area contributed by atoms with Gasteiger partial charge >= 0.3 is 0 Å². The quantitative estimate of drug-likeness (QED) is 0.193.